The van der Waals surface area contributed by atoms with Crippen LogP contribution < -0.4 is 4.74 Å². The molecule has 1 aliphatic heterocycles. The first-order chi connectivity index (χ1) is 15.7. The summed E-state index contributed by atoms with van der Waals surface area (Å²) in [5.74, 6) is -1.37. The summed E-state index contributed by atoms with van der Waals surface area (Å²) in [7, 11) is -2.86. The van der Waals surface area contributed by atoms with Gasteiger partial charge in [0, 0.05) is 20.3 Å². The first kappa shape index (κ1) is 23.0. The number of aliphatic hydroxyl groups excluding tert-OH is 1. The minimum absolute atomic E-state index is 0.0695. The highest BCUT2D eigenvalue weighted by Gasteiger charge is 2.42. The number of carbonyl (C=O) groups is 2. The third-order valence-corrected chi connectivity index (χ3v) is 7.71. The molecule has 0 saturated heterocycles. The van der Waals surface area contributed by atoms with E-state index in [1.807, 2.05) is 0 Å². The lowest BCUT2D eigenvalue weighted by Crippen LogP contribution is -2.42. The average Bonchev–Trinajstić information content (AvgIpc) is 2.83. The minimum atomic E-state index is -4.30. The molecular weight excluding hydrogens is 557 g/mol. The Morgan fingerprint density at radius 3 is 2.39 bits per heavy atom. The highest BCUT2D eigenvalue weighted by molar-refractivity contribution is 14.1. The number of aliphatic hydroxyl groups is 1. The van der Waals surface area contributed by atoms with Gasteiger partial charge in [-0.15, -0.1) is 0 Å². The number of nitrogens with zero attached hydrogens (tertiary/aromatic N) is 1. The zero-order valence-electron chi connectivity index (χ0n) is 17.4. The van der Waals surface area contributed by atoms with E-state index in [1.165, 1.54) is 37.4 Å². The number of Topliss-reactive ketones (excluding diaryl/α,β-unsaturated/α-hetero) is 2. The molecule has 0 atom stereocenters. The van der Waals surface area contributed by atoms with Crippen LogP contribution in [0.15, 0.2) is 83.4 Å². The van der Waals surface area contributed by atoms with Gasteiger partial charge in [0.25, 0.3) is 10.0 Å². The molecule has 0 spiro atoms. The average molecular weight is 575 g/mol. The first-order valence-corrected chi connectivity index (χ1v) is 12.3. The normalized spacial score (nSPS) is 16.2. The van der Waals surface area contributed by atoms with Crippen LogP contribution in [-0.4, -0.2) is 43.1 Å². The number of ether oxygens (including phenoxy) is 1. The second-order valence-corrected chi connectivity index (χ2v) is 10.3. The van der Waals surface area contributed by atoms with Crippen molar-refractivity contribution in [2.75, 3.05) is 13.7 Å². The van der Waals surface area contributed by atoms with Gasteiger partial charge in [0.15, 0.2) is 11.5 Å². The Kier molecular flexibility index (Phi) is 6.26. The molecule has 0 radical (unpaired) electrons. The van der Waals surface area contributed by atoms with Gasteiger partial charge in [0.2, 0.25) is 5.78 Å². The van der Waals surface area contributed by atoms with Crippen LogP contribution in [0, 0.1) is 3.57 Å². The van der Waals surface area contributed by atoms with Crippen LogP contribution in [0.25, 0.3) is 5.76 Å². The molecule has 1 heterocycles. The van der Waals surface area contributed by atoms with Crippen molar-refractivity contribution < 1.29 is 27.9 Å². The number of methoxy groups -OCH3 is 1. The predicted octanol–water partition coefficient (Wildman–Crippen LogP) is 4.30. The lowest BCUT2D eigenvalue weighted by molar-refractivity contribution is 0.0952. The second kappa shape index (κ2) is 8.99. The maximum atomic E-state index is 13.5. The highest BCUT2D eigenvalue weighted by atomic mass is 127. The quantitative estimate of drug-likeness (QED) is 0.211. The van der Waals surface area contributed by atoms with Crippen molar-refractivity contribution in [1.82, 2.24) is 4.31 Å². The molecule has 0 aliphatic carbocycles. The lowest BCUT2D eigenvalue weighted by atomic mass is 10.0. The molecule has 168 valence electrons. The maximum Gasteiger partial charge on any atom is 0.265 e. The predicted molar refractivity (Wildman–Crippen MR) is 131 cm³/mol. The molecule has 33 heavy (non-hydrogen) atoms. The van der Waals surface area contributed by atoms with Crippen LogP contribution in [0.3, 0.4) is 0 Å². The molecule has 0 bridgehead atoms. The molecule has 0 amide bonds. The van der Waals surface area contributed by atoms with Gasteiger partial charge in [-0.05, 0) is 59.0 Å². The molecule has 9 heteroatoms. The van der Waals surface area contributed by atoms with E-state index in [-0.39, 0.29) is 21.6 Å². The topological polar surface area (TPSA) is 101 Å². The van der Waals surface area contributed by atoms with Gasteiger partial charge in [-0.25, -0.2) is 8.42 Å². The number of hydrogen-bond donors (Lipinski definition) is 1. The van der Waals surface area contributed by atoms with E-state index in [2.05, 4.69) is 22.6 Å². The van der Waals surface area contributed by atoms with Crippen LogP contribution in [0.2, 0.25) is 0 Å². The molecule has 7 nitrogen and oxygen atoms in total. The fourth-order valence-electron chi connectivity index (χ4n) is 3.51. The van der Waals surface area contributed by atoms with Gasteiger partial charge in [0.05, 0.1) is 18.6 Å². The summed E-state index contributed by atoms with van der Waals surface area (Å²) >= 11 is 2.09. The fourth-order valence-corrected chi connectivity index (χ4v) is 5.50. The monoisotopic (exact) mass is 575 g/mol. The molecule has 4 rings (SSSR count). The lowest BCUT2D eigenvalue weighted by Gasteiger charge is -2.31. The first-order valence-electron chi connectivity index (χ1n) is 9.77. The number of hydrogen-bond acceptors (Lipinski definition) is 6. The Balaban J connectivity index is 1.90. The van der Waals surface area contributed by atoms with Crippen molar-refractivity contribution in [2.24, 2.45) is 0 Å². The zero-order valence-corrected chi connectivity index (χ0v) is 20.3. The van der Waals surface area contributed by atoms with Crippen molar-refractivity contribution in [3.63, 3.8) is 0 Å². The molecule has 0 unspecified atom stereocenters. The molecule has 3 aromatic carbocycles. The number of allylic oxidation sites excluding steroid dienone is 1. The number of halogens is 1. The fraction of sp³-hybridized carbons (Fsp3) is 0.0833. The standard InChI is InChI=1S/C24H18INO6S/c1-32-18-6-4-5-16(13-18)23(28)22-24(29)19-7-2-3-8-21(19)33(30,31)26(22)14-20(27)15-9-11-17(25)12-10-15/h2-13,28H,14H2,1H3/b23-22+. The maximum absolute atomic E-state index is 13.5. The Morgan fingerprint density at radius 1 is 1.00 bits per heavy atom. The Labute approximate surface area is 204 Å². The molecule has 1 N–H and O–H groups in total. The van der Waals surface area contributed by atoms with Crippen LogP contribution in [-0.2, 0) is 10.0 Å². The summed E-state index contributed by atoms with van der Waals surface area (Å²) < 4.78 is 33.8. The number of benzene rings is 3. The van der Waals surface area contributed by atoms with Crippen molar-refractivity contribution >= 4 is 49.9 Å². The van der Waals surface area contributed by atoms with Crippen LogP contribution in [0.5, 0.6) is 5.75 Å². The molecular formula is C24H18INO6S. The van der Waals surface area contributed by atoms with Crippen LogP contribution in [0.4, 0.5) is 0 Å². The number of fused-ring (bicyclic) bond motifs is 1. The summed E-state index contributed by atoms with van der Waals surface area (Å²) in [6, 6.07) is 18.6. The van der Waals surface area contributed by atoms with Gasteiger partial charge >= 0.3 is 0 Å². The third-order valence-electron chi connectivity index (χ3n) is 5.19. The second-order valence-electron chi connectivity index (χ2n) is 7.20. The number of carbonyl (C=O) groups excluding carboxylic acids is 2. The highest BCUT2D eigenvalue weighted by Crippen LogP contribution is 2.36. The smallest absolute Gasteiger partial charge is 0.265 e. The van der Waals surface area contributed by atoms with Gasteiger partial charge < -0.3 is 9.84 Å². The van der Waals surface area contributed by atoms with Gasteiger partial charge in [-0.1, -0.05) is 36.4 Å². The van der Waals surface area contributed by atoms with Crippen LogP contribution in [0.1, 0.15) is 26.3 Å². The van der Waals surface area contributed by atoms with Gasteiger partial charge in [0.1, 0.15) is 11.4 Å². The van der Waals surface area contributed by atoms with E-state index < -0.39 is 39.6 Å². The number of sulfonamides is 1. The SMILES string of the molecule is COc1cccc(/C(O)=C2/C(=O)c3ccccc3S(=O)(=O)N2CC(=O)c2ccc(I)cc2)c1. The summed E-state index contributed by atoms with van der Waals surface area (Å²) in [5.41, 5.74) is -0.0862. The van der Waals surface area contributed by atoms with E-state index >= 15 is 0 Å². The molecule has 0 aromatic heterocycles. The molecule has 3 aromatic rings. The molecule has 1 aliphatic rings. The van der Waals surface area contributed by atoms with Crippen molar-refractivity contribution in [3.05, 3.63) is 98.8 Å². The summed E-state index contributed by atoms with van der Waals surface area (Å²) in [5, 5.41) is 11.1. The van der Waals surface area contributed by atoms with E-state index in [0.29, 0.717) is 10.1 Å². The van der Waals surface area contributed by atoms with E-state index in [1.54, 1.807) is 42.5 Å². The number of ketones is 2. The summed E-state index contributed by atoms with van der Waals surface area (Å²) in [4.78, 5) is 26.2. The van der Waals surface area contributed by atoms with E-state index in [0.717, 1.165) is 3.57 Å². The van der Waals surface area contributed by atoms with Crippen LogP contribution >= 0.6 is 22.6 Å². The van der Waals surface area contributed by atoms with Crippen molar-refractivity contribution in [1.29, 1.82) is 0 Å². The largest absolute Gasteiger partial charge is 0.505 e. The Hall–Kier alpha value is -3.18. The molecule has 0 saturated carbocycles. The third kappa shape index (κ3) is 4.25. The van der Waals surface area contributed by atoms with E-state index in [9.17, 15) is 23.1 Å². The minimum Gasteiger partial charge on any atom is -0.505 e. The molecule has 0 fully saturated rings. The van der Waals surface area contributed by atoms with Gasteiger partial charge in [-0.3, -0.25) is 13.9 Å². The van der Waals surface area contributed by atoms with Gasteiger partial charge in [-0.2, -0.15) is 0 Å². The van der Waals surface area contributed by atoms with Crippen molar-refractivity contribution in [2.45, 2.75) is 4.90 Å². The zero-order chi connectivity index (χ0) is 23.8. The Bertz CT molecular complexity index is 1400. The van der Waals surface area contributed by atoms with Crippen molar-refractivity contribution in [3.8, 4) is 5.75 Å². The number of rotatable bonds is 5. The Morgan fingerprint density at radius 2 is 1.70 bits per heavy atom. The summed E-state index contributed by atoms with van der Waals surface area (Å²) in [6.45, 7) is -0.646. The van der Waals surface area contributed by atoms with E-state index in [4.69, 9.17) is 4.74 Å². The summed E-state index contributed by atoms with van der Waals surface area (Å²) in [6.07, 6.45) is 0.